The van der Waals surface area contributed by atoms with Gasteiger partial charge in [0.05, 0.1) is 26.5 Å². The third kappa shape index (κ3) is 7.51. The first-order chi connectivity index (χ1) is 14.8. The van der Waals surface area contributed by atoms with E-state index in [1.54, 1.807) is 62.4 Å². The molecule has 2 aromatic rings. The van der Waals surface area contributed by atoms with Crippen molar-refractivity contribution in [2.75, 3.05) is 20.3 Å². The number of hydrogen-bond donors (Lipinski definition) is 2. The molecule has 0 spiro atoms. The Balaban J connectivity index is 2.07. The number of carbonyl (C=O) groups excluding carboxylic acids is 1. The van der Waals surface area contributed by atoms with Gasteiger partial charge < -0.3 is 24.2 Å². The van der Waals surface area contributed by atoms with Crippen LogP contribution in [0.1, 0.15) is 35.3 Å². The molecule has 0 aromatic heterocycles. The van der Waals surface area contributed by atoms with Crippen LogP contribution in [0.2, 0.25) is 0 Å². The van der Waals surface area contributed by atoms with Crippen molar-refractivity contribution in [1.82, 2.24) is 5.32 Å². The molecule has 168 valence electrons. The summed E-state index contributed by atoms with van der Waals surface area (Å²) in [5.41, 5.74) is 1.71. The number of hydrogen-bond acceptors (Lipinski definition) is 6. The predicted molar refractivity (Wildman–Crippen MR) is 117 cm³/mol. The molecular weight excluding hydrogens is 421 g/mol. The van der Waals surface area contributed by atoms with E-state index in [2.05, 4.69) is 5.32 Å². The first-order valence-electron chi connectivity index (χ1n) is 9.94. The summed E-state index contributed by atoms with van der Waals surface area (Å²) in [7, 11) is -1.72. The van der Waals surface area contributed by atoms with Crippen molar-refractivity contribution in [1.29, 1.82) is 0 Å². The van der Waals surface area contributed by atoms with Gasteiger partial charge in [0.1, 0.15) is 11.8 Å². The second-order valence-electron chi connectivity index (χ2n) is 6.72. The Kier molecular flexibility index (Phi) is 9.24. The standard InChI is InChI=1S/C22H28NO7P/c1-4-29-31(27,30-5-2)15-16-9-11-18(12-10-16)21(24)23-20(22(25)26)14-17-7-6-8-19(13-17)28-3/h6-13,20H,4-5,14-15H2,1-3H3,(H,23,24)(H,25,26)/t20-/m0/s1. The first-order valence-corrected chi connectivity index (χ1v) is 11.7. The summed E-state index contributed by atoms with van der Waals surface area (Å²) >= 11 is 0. The molecule has 0 aliphatic heterocycles. The van der Waals surface area contributed by atoms with Gasteiger partial charge in [-0.05, 0) is 49.2 Å². The summed E-state index contributed by atoms with van der Waals surface area (Å²) < 4.78 is 28.4. The number of methoxy groups -OCH3 is 1. The van der Waals surface area contributed by atoms with Crippen molar-refractivity contribution in [3.63, 3.8) is 0 Å². The van der Waals surface area contributed by atoms with E-state index in [-0.39, 0.29) is 25.8 Å². The average molecular weight is 449 g/mol. The van der Waals surface area contributed by atoms with Gasteiger partial charge in [-0.1, -0.05) is 24.3 Å². The first kappa shape index (κ1) is 24.6. The van der Waals surface area contributed by atoms with Gasteiger partial charge in [-0.25, -0.2) is 4.79 Å². The largest absolute Gasteiger partial charge is 0.497 e. The van der Waals surface area contributed by atoms with Crippen LogP contribution < -0.4 is 10.1 Å². The van der Waals surface area contributed by atoms with Crippen LogP contribution in [0, 0.1) is 0 Å². The van der Waals surface area contributed by atoms with Gasteiger partial charge in [-0.3, -0.25) is 9.36 Å². The summed E-state index contributed by atoms with van der Waals surface area (Å²) in [6.45, 7) is 4.01. The second kappa shape index (κ2) is 11.6. The summed E-state index contributed by atoms with van der Waals surface area (Å²) in [6, 6.07) is 12.3. The van der Waals surface area contributed by atoms with Crippen molar-refractivity contribution >= 4 is 19.5 Å². The lowest BCUT2D eigenvalue weighted by molar-refractivity contribution is -0.139. The van der Waals surface area contributed by atoms with Crippen LogP contribution in [0.15, 0.2) is 48.5 Å². The molecule has 0 aliphatic rings. The molecule has 9 heteroatoms. The van der Waals surface area contributed by atoms with Crippen LogP contribution in [0.25, 0.3) is 0 Å². The maximum Gasteiger partial charge on any atom is 0.335 e. The number of amides is 1. The molecule has 0 radical (unpaired) electrons. The highest BCUT2D eigenvalue weighted by Crippen LogP contribution is 2.51. The van der Waals surface area contributed by atoms with Crippen molar-refractivity contribution in [2.24, 2.45) is 0 Å². The number of aliphatic carboxylic acids is 1. The Morgan fingerprint density at radius 2 is 1.68 bits per heavy atom. The smallest absolute Gasteiger partial charge is 0.335 e. The molecule has 8 nitrogen and oxygen atoms in total. The van der Waals surface area contributed by atoms with Crippen LogP contribution in [0.5, 0.6) is 5.75 Å². The summed E-state index contributed by atoms with van der Waals surface area (Å²) in [5.74, 6) is -1.04. The Hall–Kier alpha value is -2.67. The van der Waals surface area contributed by atoms with E-state index in [0.717, 1.165) is 5.56 Å². The molecule has 0 fully saturated rings. The number of carboxylic acid groups (broad SMARTS) is 1. The van der Waals surface area contributed by atoms with Gasteiger partial charge in [0.25, 0.3) is 5.91 Å². The number of carbonyl (C=O) groups is 2. The highest BCUT2D eigenvalue weighted by Gasteiger charge is 2.25. The zero-order chi connectivity index (χ0) is 22.9. The summed E-state index contributed by atoms with van der Waals surface area (Å²) in [6.07, 6.45) is 0.201. The highest BCUT2D eigenvalue weighted by molar-refractivity contribution is 7.53. The zero-order valence-electron chi connectivity index (χ0n) is 17.9. The van der Waals surface area contributed by atoms with E-state index < -0.39 is 25.5 Å². The molecule has 1 atom stereocenters. The lowest BCUT2D eigenvalue weighted by Gasteiger charge is -2.17. The minimum Gasteiger partial charge on any atom is -0.497 e. The number of benzene rings is 2. The minimum atomic E-state index is -3.25. The quantitative estimate of drug-likeness (QED) is 0.473. The van der Waals surface area contributed by atoms with Gasteiger partial charge in [0.15, 0.2) is 0 Å². The van der Waals surface area contributed by atoms with Gasteiger partial charge in [0, 0.05) is 12.0 Å². The van der Waals surface area contributed by atoms with Gasteiger partial charge >= 0.3 is 13.6 Å². The summed E-state index contributed by atoms with van der Waals surface area (Å²) in [5, 5.41) is 12.1. The molecule has 2 aromatic carbocycles. The molecule has 0 saturated carbocycles. The van der Waals surface area contributed by atoms with E-state index in [0.29, 0.717) is 16.9 Å². The highest BCUT2D eigenvalue weighted by atomic mass is 31.2. The van der Waals surface area contributed by atoms with E-state index in [1.807, 2.05) is 0 Å². The second-order valence-corrected chi connectivity index (χ2v) is 8.78. The van der Waals surface area contributed by atoms with Gasteiger partial charge in [-0.2, -0.15) is 0 Å². The molecule has 1 amide bonds. The molecule has 2 N–H and O–H groups in total. The Morgan fingerprint density at radius 1 is 1.03 bits per heavy atom. The van der Waals surface area contributed by atoms with Crippen LogP contribution in [0.3, 0.4) is 0 Å². The average Bonchev–Trinajstić information content (AvgIpc) is 2.74. The van der Waals surface area contributed by atoms with Gasteiger partial charge in [-0.15, -0.1) is 0 Å². The lowest BCUT2D eigenvalue weighted by Crippen LogP contribution is -2.42. The zero-order valence-corrected chi connectivity index (χ0v) is 18.8. The topological polar surface area (TPSA) is 111 Å². The Labute approximate surface area is 182 Å². The number of rotatable bonds is 12. The van der Waals surface area contributed by atoms with Crippen molar-refractivity contribution in [3.8, 4) is 5.75 Å². The number of ether oxygens (including phenoxy) is 1. The molecular formula is C22H28NO7P. The third-order valence-corrected chi connectivity index (χ3v) is 6.48. The van der Waals surface area contributed by atoms with E-state index in [9.17, 15) is 19.3 Å². The van der Waals surface area contributed by atoms with Crippen LogP contribution in [-0.2, 0) is 31.0 Å². The Morgan fingerprint density at radius 3 is 2.23 bits per heavy atom. The normalized spacial score (nSPS) is 12.2. The summed E-state index contributed by atoms with van der Waals surface area (Å²) in [4.78, 5) is 24.2. The van der Waals surface area contributed by atoms with Gasteiger partial charge in [0.2, 0.25) is 0 Å². The van der Waals surface area contributed by atoms with Crippen molar-refractivity contribution in [2.45, 2.75) is 32.5 Å². The fraction of sp³-hybridized carbons (Fsp3) is 0.364. The Bertz CT molecular complexity index is 920. The molecule has 0 aliphatic carbocycles. The molecule has 0 saturated heterocycles. The number of nitrogens with one attached hydrogen (secondary N) is 1. The van der Waals surface area contributed by atoms with Crippen LogP contribution in [0.4, 0.5) is 0 Å². The minimum absolute atomic E-state index is 0.0875. The fourth-order valence-electron chi connectivity index (χ4n) is 2.98. The third-order valence-electron chi connectivity index (χ3n) is 4.42. The lowest BCUT2D eigenvalue weighted by atomic mass is 10.0. The SMILES string of the molecule is CCOP(=O)(Cc1ccc(C(=O)N[C@@H](Cc2cccc(OC)c2)C(=O)O)cc1)OCC. The van der Waals surface area contributed by atoms with E-state index in [4.69, 9.17) is 13.8 Å². The fourth-order valence-corrected chi connectivity index (χ4v) is 4.69. The predicted octanol–water partition coefficient (Wildman–Crippen LogP) is 3.89. The van der Waals surface area contributed by atoms with Crippen LogP contribution >= 0.6 is 7.60 Å². The molecule has 31 heavy (non-hydrogen) atoms. The van der Waals surface area contributed by atoms with Crippen molar-refractivity contribution < 1.29 is 33.0 Å². The maximum atomic E-state index is 12.6. The maximum absolute atomic E-state index is 12.6. The van der Waals surface area contributed by atoms with Crippen LogP contribution in [-0.4, -0.2) is 43.3 Å². The molecule has 0 bridgehead atoms. The monoisotopic (exact) mass is 449 g/mol. The van der Waals surface area contributed by atoms with E-state index >= 15 is 0 Å². The van der Waals surface area contributed by atoms with E-state index in [1.165, 1.54) is 7.11 Å². The van der Waals surface area contributed by atoms with Crippen molar-refractivity contribution in [3.05, 3.63) is 65.2 Å². The number of carboxylic acids is 1. The molecule has 0 heterocycles. The molecule has 0 unspecified atom stereocenters. The molecule has 2 rings (SSSR count).